The van der Waals surface area contributed by atoms with Crippen LogP contribution in [0.5, 0.6) is 0 Å². The number of amides is 4. The van der Waals surface area contributed by atoms with Gasteiger partial charge < -0.3 is 35.5 Å². The number of ether oxygens (including phenoxy) is 3. The molecule has 1 rings (SSSR count). The highest BCUT2D eigenvalue weighted by atomic mass is 16.6. The van der Waals surface area contributed by atoms with Gasteiger partial charge in [-0.1, -0.05) is 30.3 Å². The Kier molecular flexibility index (Phi) is 14.1. The van der Waals surface area contributed by atoms with Crippen molar-refractivity contribution < 1.29 is 43.0 Å². The molecule has 240 valence electrons. The van der Waals surface area contributed by atoms with E-state index < -0.39 is 71.1 Å². The summed E-state index contributed by atoms with van der Waals surface area (Å²) in [6.07, 6.45) is -1.04. The van der Waals surface area contributed by atoms with Gasteiger partial charge in [0.2, 0.25) is 17.7 Å². The van der Waals surface area contributed by atoms with Gasteiger partial charge in [-0.15, -0.1) is 0 Å². The number of benzene rings is 1. The largest absolute Gasteiger partial charge is 0.460 e. The summed E-state index contributed by atoms with van der Waals surface area (Å²) in [6.45, 7) is 14.4. The van der Waals surface area contributed by atoms with Gasteiger partial charge in [-0.2, -0.15) is 0 Å². The first kappa shape index (κ1) is 36.9. The number of carbonyl (C=O) groups is 6. The Labute approximate surface area is 253 Å². The maximum absolute atomic E-state index is 12.9. The summed E-state index contributed by atoms with van der Waals surface area (Å²) in [5, 5.41) is 9.84. The fraction of sp³-hybridized carbons (Fsp3) is 0.600. The molecule has 4 atom stereocenters. The SMILES string of the molecule is C[C@H](NC(=O)OCc1ccccc1)C(=O)N[C@@H](C)C(=O)N[C@@H](C)C(=O)N[C@@H](CCC(=O)OC(C)(C)C)C(=O)OC(C)(C)C. The summed E-state index contributed by atoms with van der Waals surface area (Å²) in [5.41, 5.74) is -0.783. The van der Waals surface area contributed by atoms with Gasteiger partial charge >= 0.3 is 18.0 Å². The molecule has 0 radical (unpaired) electrons. The zero-order valence-electron chi connectivity index (χ0n) is 26.5. The Morgan fingerprint density at radius 1 is 0.674 bits per heavy atom. The molecule has 4 amide bonds. The van der Waals surface area contributed by atoms with Gasteiger partial charge in [0, 0.05) is 6.42 Å². The first-order chi connectivity index (χ1) is 19.8. The number of alkyl carbamates (subject to hydrolysis) is 1. The van der Waals surface area contributed by atoms with E-state index in [0.29, 0.717) is 0 Å². The van der Waals surface area contributed by atoms with Crippen molar-refractivity contribution in [2.45, 2.75) is 117 Å². The first-order valence-corrected chi connectivity index (χ1v) is 14.1. The minimum absolute atomic E-state index is 0.0234. The molecule has 0 aliphatic rings. The second-order valence-electron chi connectivity index (χ2n) is 12.1. The highest BCUT2D eigenvalue weighted by Crippen LogP contribution is 2.14. The second-order valence-corrected chi connectivity index (χ2v) is 12.1. The van der Waals surface area contributed by atoms with Gasteiger partial charge in [-0.3, -0.25) is 19.2 Å². The molecular weight excluding hydrogens is 560 g/mol. The zero-order valence-corrected chi connectivity index (χ0v) is 26.5. The maximum Gasteiger partial charge on any atom is 0.408 e. The molecule has 43 heavy (non-hydrogen) atoms. The number of hydrogen-bond donors (Lipinski definition) is 4. The van der Waals surface area contributed by atoms with E-state index >= 15 is 0 Å². The van der Waals surface area contributed by atoms with E-state index in [0.717, 1.165) is 5.56 Å². The fourth-order valence-electron chi connectivity index (χ4n) is 3.39. The van der Waals surface area contributed by atoms with Gasteiger partial charge in [0.25, 0.3) is 0 Å². The van der Waals surface area contributed by atoms with Gasteiger partial charge in [0.1, 0.15) is 42.0 Å². The second kappa shape index (κ2) is 16.5. The average molecular weight is 607 g/mol. The van der Waals surface area contributed by atoms with Crippen molar-refractivity contribution in [1.82, 2.24) is 21.3 Å². The van der Waals surface area contributed by atoms with E-state index in [1.54, 1.807) is 65.8 Å². The number of carbonyl (C=O) groups excluding carboxylic acids is 6. The molecule has 0 saturated carbocycles. The summed E-state index contributed by atoms with van der Waals surface area (Å²) in [4.78, 5) is 75.0. The van der Waals surface area contributed by atoms with Gasteiger partial charge in [-0.25, -0.2) is 9.59 Å². The molecule has 0 fully saturated rings. The third kappa shape index (κ3) is 15.6. The van der Waals surface area contributed by atoms with Gasteiger partial charge in [-0.05, 0) is 74.3 Å². The predicted octanol–water partition coefficient (Wildman–Crippen LogP) is 2.26. The summed E-state index contributed by atoms with van der Waals surface area (Å²) >= 11 is 0. The lowest BCUT2D eigenvalue weighted by atomic mass is 10.1. The van der Waals surface area contributed by atoms with Crippen LogP contribution >= 0.6 is 0 Å². The van der Waals surface area contributed by atoms with Crippen LogP contribution in [-0.2, 0) is 44.8 Å². The van der Waals surface area contributed by atoms with Crippen LogP contribution in [0.3, 0.4) is 0 Å². The molecule has 1 aromatic carbocycles. The molecule has 0 heterocycles. The fourth-order valence-corrected chi connectivity index (χ4v) is 3.39. The van der Waals surface area contributed by atoms with Crippen LogP contribution in [0.25, 0.3) is 0 Å². The van der Waals surface area contributed by atoms with Gasteiger partial charge in [0.05, 0.1) is 0 Å². The lowest BCUT2D eigenvalue weighted by Crippen LogP contribution is -2.56. The lowest BCUT2D eigenvalue weighted by Gasteiger charge is -2.26. The highest BCUT2D eigenvalue weighted by molar-refractivity contribution is 5.94. The molecule has 13 heteroatoms. The van der Waals surface area contributed by atoms with Crippen LogP contribution in [0, 0.1) is 0 Å². The molecule has 0 aliphatic carbocycles. The van der Waals surface area contributed by atoms with Crippen molar-refractivity contribution in [2.24, 2.45) is 0 Å². The third-order valence-electron chi connectivity index (χ3n) is 5.51. The minimum atomic E-state index is -1.18. The molecule has 0 bridgehead atoms. The first-order valence-electron chi connectivity index (χ1n) is 14.1. The van der Waals surface area contributed by atoms with E-state index in [2.05, 4.69) is 21.3 Å². The molecule has 0 unspecified atom stereocenters. The van der Waals surface area contributed by atoms with E-state index in [1.807, 2.05) is 6.07 Å². The quantitative estimate of drug-likeness (QED) is 0.194. The van der Waals surface area contributed by atoms with Crippen molar-refractivity contribution in [1.29, 1.82) is 0 Å². The Morgan fingerprint density at radius 2 is 1.14 bits per heavy atom. The van der Waals surface area contributed by atoms with Gasteiger partial charge in [0.15, 0.2) is 0 Å². The van der Waals surface area contributed by atoms with E-state index in [4.69, 9.17) is 14.2 Å². The predicted molar refractivity (Wildman–Crippen MR) is 157 cm³/mol. The number of hydrogen-bond acceptors (Lipinski definition) is 9. The Balaban J connectivity index is 2.66. The van der Waals surface area contributed by atoms with Crippen molar-refractivity contribution in [3.8, 4) is 0 Å². The summed E-state index contributed by atoms with van der Waals surface area (Å²) in [6, 6.07) is 4.63. The normalized spacial score (nSPS) is 14.2. The Bertz CT molecular complexity index is 1130. The molecule has 0 spiro atoms. The number of esters is 2. The summed E-state index contributed by atoms with van der Waals surface area (Å²) in [7, 11) is 0. The highest BCUT2D eigenvalue weighted by Gasteiger charge is 2.31. The standard InChI is InChI=1S/C30H46N4O9/c1-18(31-25(37)20(3)33-28(40)41-17-21-13-11-10-12-14-21)24(36)32-19(2)26(38)34-22(27(39)43-30(7,8)9)15-16-23(35)42-29(4,5)6/h10-14,18-20,22H,15-17H2,1-9H3,(H,31,37)(H,32,36)(H,33,40)(H,34,38)/t18-,19-,20-,22-/m0/s1. The van der Waals surface area contributed by atoms with Crippen LogP contribution in [0.15, 0.2) is 30.3 Å². The van der Waals surface area contributed by atoms with E-state index in [9.17, 15) is 28.8 Å². The van der Waals surface area contributed by atoms with Crippen molar-refractivity contribution in [3.05, 3.63) is 35.9 Å². The Hall–Kier alpha value is -4.16. The molecule has 0 aromatic heterocycles. The monoisotopic (exact) mass is 606 g/mol. The van der Waals surface area contributed by atoms with Crippen molar-refractivity contribution >= 4 is 35.8 Å². The molecule has 13 nitrogen and oxygen atoms in total. The minimum Gasteiger partial charge on any atom is -0.460 e. The van der Waals surface area contributed by atoms with Crippen LogP contribution in [0.1, 0.15) is 80.7 Å². The molecule has 0 aliphatic heterocycles. The van der Waals surface area contributed by atoms with Crippen LogP contribution < -0.4 is 21.3 Å². The lowest BCUT2D eigenvalue weighted by molar-refractivity contribution is -0.160. The van der Waals surface area contributed by atoms with E-state index in [1.165, 1.54) is 20.8 Å². The van der Waals surface area contributed by atoms with E-state index in [-0.39, 0.29) is 19.4 Å². The molecular formula is C30H46N4O9. The summed E-state index contributed by atoms with van der Waals surface area (Å²) in [5.74, 6) is -3.33. The smallest absolute Gasteiger partial charge is 0.408 e. The third-order valence-corrected chi connectivity index (χ3v) is 5.51. The Morgan fingerprint density at radius 3 is 1.63 bits per heavy atom. The van der Waals surface area contributed by atoms with Crippen LogP contribution in [-0.4, -0.2) is 71.1 Å². The van der Waals surface area contributed by atoms with Crippen molar-refractivity contribution in [2.75, 3.05) is 0 Å². The zero-order chi connectivity index (χ0) is 33.0. The number of rotatable bonds is 13. The summed E-state index contributed by atoms with van der Waals surface area (Å²) < 4.78 is 15.8. The van der Waals surface area contributed by atoms with Crippen LogP contribution in [0.2, 0.25) is 0 Å². The molecule has 0 saturated heterocycles. The van der Waals surface area contributed by atoms with Crippen molar-refractivity contribution in [3.63, 3.8) is 0 Å². The maximum atomic E-state index is 12.9. The average Bonchev–Trinajstić information content (AvgIpc) is 2.87. The molecule has 1 aromatic rings. The molecule has 4 N–H and O–H groups in total. The van der Waals surface area contributed by atoms with Crippen LogP contribution in [0.4, 0.5) is 4.79 Å². The topological polar surface area (TPSA) is 178 Å². The number of nitrogens with one attached hydrogen (secondary N) is 4.